The van der Waals surface area contributed by atoms with E-state index in [-0.39, 0.29) is 23.5 Å². The second kappa shape index (κ2) is 7.83. The number of hydrogen-bond acceptors (Lipinski definition) is 7. The Kier molecular flexibility index (Phi) is 5.10. The molecule has 0 spiro atoms. The number of thioether (sulfide) groups is 1. The van der Waals surface area contributed by atoms with Gasteiger partial charge in [0.15, 0.2) is 17.3 Å². The van der Waals surface area contributed by atoms with E-state index in [1.165, 1.54) is 11.8 Å². The normalized spacial score (nSPS) is 15.1. The number of nitrogens with one attached hydrogen (secondary N) is 2. The maximum absolute atomic E-state index is 12.1. The molecule has 2 heterocycles. The first-order valence-electron chi connectivity index (χ1n) is 8.64. The minimum Gasteiger partial charge on any atom is -0.486 e. The third kappa shape index (κ3) is 4.68. The van der Waals surface area contributed by atoms with E-state index < -0.39 is 0 Å². The molecule has 0 unspecified atom stereocenters. The lowest BCUT2D eigenvalue weighted by Gasteiger charge is -2.18. The van der Waals surface area contributed by atoms with Gasteiger partial charge in [-0.2, -0.15) is 0 Å². The van der Waals surface area contributed by atoms with Gasteiger partial charge >= 0.3 is 0 Å². The van der Waals surface area contributed by atoms with Crippen molar-refractivity contribution in [2.24, 2.45) is 5.92 Å². The van der Waals surface area contributed by atoms with E-state index in [1.807, 2.05) is 0 Å². The van der Waals surface area contributed by atoms with Crippen LogP contribution in [0.2, 0.25) is 0 Å². The number of aromatic nitrogens is 2. The van der Waals surface area contributed by atoms with Crippen LogP contribution in [-0.4, -0.2) is 41.0 Å². The van der Waals surface area contributed by atoms with Crippen molar-refractivity contribution in [3.8, 4) is 11.5 Å². The van der Waals surface area contributed by atoms with Crippen molar-refractivity contribution in [1.82, 2.24) is 10.2 Å². The lowest BCUT2D eigenvalue weighted by Crippen LogP contribution is -2.17. The first-order chi connectivity index (χ1) is 13.2. The Morgan fingerprint density at radius 1 is 1.04 bits per heavy atom. The van der Waals surface area contributed by atoms with Gasteiger partial charge in [0.05, 0.1) is 5.75 Å². The van der Waals surface area contributed by atoms with Gasteiger partial charge in [-0.3, -0.25) is 9.59 Å². The predicted octanol–water partition coefficient (Wildman–Crippen LogP) is 2.33. The Labute approximate surface area is 160 Å². The zero-order valence-corrected chi connectivity index (χ0v) is 15.3. The lowest BCUT2D eigenvalue weighted by molar-refractivity contribution is -0.117. The van der Waals surface area contributed by atoms with E-state index in [9.17, 15) is 9.59 Å². The summed E-state index contributed by atoms with van der Waals surface area (Å²) in [4.78, 5) is 23.8. The molecule has 1 aliphatic heterocycles. The number of benzene rings is 1. The Morgan fingerprint density at radius 3 is 2.59 bits per heavy atom. The van der Waals surface area contributed by atoms with Gasteiger partial charge in [-0.15, -0.1) is 10.2 Å². The Hall–Kier alpha value is -2.81. The molecule has 9 heteroatoms. The van der Waals surface area contributed by atoms with Crippen molar-refractivity contribution < 1.29 is 19.1 Å². The SMILES string of the molecule is O=C(CSc1ccc(NC(=O)C2CC2)nn1)Nc1ccc2c(c1)OCCO2. The molecule has 2 aromatic rings. The van der Waals surface area contributed by atoms with Crippen LogP contribution in [-0.2, 0) is 9.59 Å². The van der Waals surface area contributed by atoms with Crippen molar-refractivity contribution in [1.29, 1.82) is 0 Å². The largest absolute Gasteiger partial charge is 0.486 e. The topological polar surface area (TPSA) is 102 Å². The summed E-state index contributed by atoms with van der Waals surface area (Å²) < 4.78 is 11.0. The molecule has 8 nitrogen and oxygen atoms in total. The zero-order chi connectivity index (χ0) is 18.6. The molecule has 27 heavy (non-hydrogen) atoms. The summed E-state index contributed by atoms with van der Waals surface area (Å²) in [6.45, 7) is 1.02. The molecular weight excluding hydrogens is 368 g/mol. The maximum Gasteiger partial charge on any atom is 0.234 e. The summed E-state index contributed by atoms with van der Waals surface area (Å²) in [7, 11) is 0. The van der Waals surface area contributed by atoms with Gasteiger partial charge < -0.3 is 20.1 Å². The van der Waals surface area contributed by atoms with E-state index >= 15 is 0 Å². The summed E-state index contributed by atoms with van der Waals surface area (Å²) in [5, 5.41) is 14.2. The van der Waals surface area contributed by atoms with Crippen LogP contribution in [0.5, 0.6) is 11.5 Å². The molecule has 140 valence electrons. The summed E-state index contributed by atoms with van der Waals surface area (Å²) in [6.07, 6.45) is 1.87. The summed E-state index contributed by atoms with van der Waals surface area (Å²) in [6, 6.07) is 8.71. The number of hydrogen-bond donors (Lipinski definition) is 2. The highest BCUT2D eigenvalue weighted by Gasteiger charge is 2.29. The van der Waals surface area contributed by atoms with Gasteiger partial charge in [-0.05, 0) is 37.1 Å². The van der Waals surface area contributed by atoms with Crippen LogP contribution in [0.3, 0.4) is 0 Å². The maximum atomic E-state index is 12.1. The molecule has 4 rings (SSSR count). The highest BCUT2D eigenvalue weighted by Crippen LogP contribution is 2.32. The van der Waals surface area contributed by atoms with E-state index in [4.69, 9.17) is 9.47 Å². The molecule has 0 bridgehead atoms. The minimum atomic E-state index is -0.162. The summed E-state index contributed by atoms with van der Waals surface area (Å²) >= 11 is 1.27. The molecular formula is C18H18N4O4S. The number of rotatable bonds is 6. The number of fused-ring (bicyclic) bond motifs is 1. The zero-order valence-electron chi connectivity index (χ0n) is 14.4. The van der Waals surface area contributed by atoms with Gasteiger partial charge in [0.2, 0.25) is 11.8 Å². The fourth-order valence-electron chi connectivity index (χ4n) is 2.50. The first kappa shape index (κ1) is 17.6. The Balaban J connectivity index is 1.27. The molecule has 2 amide bonds. The smallest absolute Gasteiger partial charge is 0.234 e. The third-order valence-corrected chi connectivity index (χ3v) is 4.94. The van der Waals surface area contributed by atoms with Gasteiger partial charge in [0.1, 0.15) is 18.2 Å². The second-order valence-corrected chi connectivity index (χ2v) is 7.21. The average molecular weight is 386 g/mol. The average Bonchev–Trinajstić information content (AvgIpc) is 3.53. The molecule has 0 radical (unpaired) electrons. The van der Waals surface area contributed by atoms with Gasteiger partial charge in [-0.1, -0.05) is 11.8 Å². The number of anilines is 2. The molecule has 2 N–H and O–H groups in total. The predicted molar refractivity (Wildman–Crippen MR) is 100 cm³/mol. The molecule has 1 aliphatic carbocycles. The van der Waals surface area contributed by atoms with Crippen LogP contribution < -0.4 is 20.1 Å². The molecule has 2 aliphatic rings. The van der Waals surface area contributed by atoms with Gasteiger partial charge in [-0.25, -0.2) is 0 Å². The summed E-state index contributed by atoms with van der Waals surface area (Å²) in [5.74, 6) is 1.87. The number of amides is 2. The van der Waals surface area contributed by atoms with Crippen LogP contribution in [0, 0.1) is 5.92 Å². The number of ether oxygens (including phenoxy) is 2. The number of carbonyl (C=O) groups excluding carboxylic acids is 2. The first-order valence-corrected chi connectivity index (χ1v) is 9.63. The van der Waals surface area contributed by atoms with Crippen LogP contribution in [0.4, 0.5) is 11.5 Å². The van der Waals surface area contributed by atoms with Crippen molar-refractivity contribution >= 4 is 35.1 Å². The Morgan fingerprint density at radius 2 is 1.85 bits per heavy atom. The third-order valence-electron chi connectivity index (χ3n) is 4.02. The van der Waals surface area contributed by atoms with Crippen LogP contribution in [0.15, 0.2) is 35.4 Å². The highest BCUT2D eigenvalue weighted by atomic mass is 32.2. The molecule has 1 saturated carbocycles. The van der Waals surface area contributed by atoms with Crippen LogP contribution >= 0.6 is 11.8 Å². The van der Waals surface area contributed by atoms with E-state index in [0.29, 0.717) is 41.2 Å². The van der Waals surface area contributed by atoms with Crippen LogP contribution in [0.1, 0.15) is 12.8 Å². The summed E-state index contributed by atoms with van der Waals surface area (Å²) in [5.41, 5.74) is 0.647. The van der Waals surface area contributed by atoms with Gasteiger partial charge in [0, 0.05) is 17.7 Å². The van der Waals surface area contributed by atoms with Gasteiger partial charge in [0.25, 0.3) is 0 Å². The molecule has 1 aromatic heterocycles. The fraction of sp³-hybridized carbons (Fsp3) is 0.333. The molecule has 0 saturated heterocycles. The van der Waals surface area contributed by atoms with E-state index in [0.717, 1.165) is 12.8 Å². The monoisotopic (exact) mass is 386 g/mol. The van der Waals surface area contributed by atoms with Crippen molar-refractivity contribution in [3.05, 3.63) is 30.3 Å². The number of carbonyl (C=O) groups is 2. The fourth-order valence-corrected chi connectivity index (χ4v) is 3.11. The van der Waals surface area contributed by atoms with Crippen molar-refractivity contribution in [3.63, 3.8) is 0 Å². The van der Waals surface area contributed by atoms with Crippen LogP contribution in [0.25, 0.3) is 0 Å². The highest BCUT2D eigenvalue weighted by molar-refractivity contribution is 7.99. The Bertz CT molecular complexity index is 855. The van der Waals surface area contributed by atoms with E-state index in [2.05, 4.69) is 20.8 Å². The van der Waals surface area contributed by atoms with Crippen molar-refractivity contribution in [2.45, 2.75) is 17.9 Å². The lowest BCUT2D eigenvalue weighted by atomic mass is 10.2. The second-order valence-electron chi connectivity index (χ2n) is 6.22. The molecule has 1 aromatic carbocycles. The molecule has 1 fully saturated rings. The van der Waals surface area contributed by atoms with E-state index in [1.54, 1.807) is 30.3 Å². The molecule has 0 atom stereocenters. The quantitative estimate of drug-likeness (QED) is 0.735. The standard InChI is InChI=1S/C18H18N4O4S/c23-16(19-12-3-4-13-14(9-12)26-8-7-25-13)10-27-17-6-5-15(21-22-17)20-18(24)11-1-2-11/h3-6,9,11H,1-2,7-8,10H2,(H,19,23)(H,20,21,24). The number of nitrogens with zero attached hydrogens (tertiary/aromatic N) is 2. The minimum absolute atomic E-state index is 0.0106. The van der Waals surface area contributed by atoms with Crippen molar-refractivity contribution in [2.75, 3.05) is 29.6 Å².